The van der Waals surface area contributed by atoms with E-state index in [-0.39, 0.29) is 11.9 Å². The summed E-state index contributed by atoms with van der Waals surface area (Å²) in [6.45, 7) is 0. The van der Waals surface area contributed by atoms with E-state index in [0.29, 0.717) is 21.7 Å². The Balaban J connectivity index is 2.18. The van der Waals surface area contributed by atoms with Crippen molar-refractivity contribution in [1.82, 2.24) is 9.80 Å². The first-order valence-electron chi connectivity index (χ1n) is 7.30. The summed E-state index contributed by atoms with van der Waals surface area (Å²) < 4.78 is 0. The second kappa shape index (κ2) is 6.99. The smallest absolute Gasteiger partial charge is 0.253 e. The lowest BCUT2D eigenvalue weighted by Gasteiger charge is -2.41. The molecule has 1 aliphatic carbocycles. The molecule has 1 fully saturated rings. The fourth-order valence-corrected chi connectivity index (χ4v) is 3.43. The van der Waals surface area contributed by atoms with Gasteiger partial charge in [0.25, 0.3) is 5.91 Å². The van der Waals surface area contributed by atoms with Gasteiger partial charge in [0.1, 0.15) is 0 Å². The fourth-order valence-electron chi connectivity index (χ4n) is 3.13. The Morgan fingerprint density at radius 3 is 2.24 bits per heavy atom. The minimum atomic E-state index is 0.00677. The molecule has 1 aromatic carbocycles. The van der Waals surface area contributed by atoms with Gasteiger partial charge in [0.2, 0.25) is 0 Å². The predicted molar refractivity (Wildman–Crippen MR) is 88.3 cm³/mol. The minimum absolute atomic E-state index is 0.00677. The molecular weight excluding hydrogens is 307 g/mol. The van der Waals surface area contributed by atoms with Crippen molar-refractivity contribution in [3.05, 3.63) is 33.8 Å². The average molecular weight is 329 g/mol. The van der Waals surface area contributed by atoms with E-state index in [2.05, 4.69) is 19.0 Å². The van der Waals surface area contributed by atoms with E-state index in [1.165, 1.54) is 12.8 Å². The topological polar surface area (TPSA) is 23.6 Å². The van der Waals surface area contributed by atoms with Gasteiger partial charge in [-0.2, -0.15) is 0 Å². The maximum absolute atomic E-state index is 12.7. The van der Waals surface area contributed by atoms with E-state index in [9.17, 15) is 4.79 Å². The van der Waals surface area contributed by atoms with Crippen molar-refractivity contribution in [2.24, 2.45) is 0 Å². The quantitative estimate of drug-likeness (QED) is 0.839. The van der Waals surface area contributed by atoms with Crippen LogP contribution in [-0.2, 0) is 0 Å². The van der Waals surface area contributed by atoms with Gasteiger partial charge < -0.3 is 9.80 Å². The zero-order valence-corrected chi connectivity index (χ0v) is 14.3. The molecule has 5 heteroatoms. The molecule has 0 radical (unpaired) electrons. The van der Waals surface area contributed by atoms with Crippen molar-refractivity contribution in [2.45, 2.75) is 37.8 Å². The monoisotopic (exact) mass is 328 g/mol. The van der Waals surface area contributed by atoms with Crippen molar-refractivity contribution in [3.63, 3.8) is 0 Å². The highest BCUT2D eigenvalue weighted by atomic mass is 35.5. The van der Waals surface area contributed by atoms with Crippen LogP contribution in [0.5, 0.6) is 0 Å². The van der Waals surface area contributed by atoms with Crippen LogP contribution >= 0.6 is 23.2 Å². The Labute approximate surface area is 136 Å². The standard InChI is InChI=1S/C16H22Cl2N2O/c1-19(2)14-6-4-5-7-15(14)20(3)16(21)11-8-9-12(17)13(18)10-11/h8-10,14-15H,4-7H2,1-3H3. The number of carbonyl (C=O) groups excluding carboxylic acids is 1. The first kappa shape index (κ1) is 16.6. The van der Waals surface area contributed by atoms with Gasteiger partial charge in [0.05, 0.1) is 10.0 Å². The highest BCUT2D eigenvalue weighted by molar-refractivity contribution is 6.42. The number of hydrogen-bond acceptors (Lipinski definition) is 2. The predicted octanol–water partition coefficient (Wildman–Crippen LogP) is 3.94. The Kier molecular flexibility index (Phi) is 5.53. The number of likely N-dealkylation sites (N-methyl/N-ethyl adjacent to an activating group) is 2. The zero-order valence-electron chi connectivity index (χ0n) is 12.8. The van der Waals surface area contributed by atoms with E-state index in [0.717, 1.165) is 12.8 Å². The molecule has 1 aromatic rings. The summed E-state index contributed by atoms with van der Waals surface area (Å²) in [7, 11) is 6.05. The second-order valence-corrected chi connectivity index (χ2v) is 6.74. The fraction of sp³-hybridized carbons (Fsp3) is 0.562. The molecule has 0 aromatic heterocycles. The third kappa shape index (κ3) is 3.71. The van der Waals surface area contributed by atoms with Crippen LogP contribution in [0.2, 0.25) is 10.0 Å². The minimum Gasteiger partial charge on any atom is -0.337 e. The second-order valence-electron chi connectivity index (χ2n) is 5.93. The lowest BCUT2D eigenvalue weighted by molar-refractivity contribution is 0.0544. The van der Waals surface area contributed by atoms with E-state index < -0.39 is 0 Å². The Morgan fingerprint density at radius 1 is 1.05 bits per heavy atom. The SMILES string of the molecule is CN(C)C1CCCCC1N(C)C(=O)c1ccc(Cl)c(Cl)c1. The summed E-state index contributed by atoms with van der Waals surface area (Å²) in [6, 6.07) is 5.72. The number of rotatable bonds is 3. The summed E-state index contributed by atoms with van der Waals surface area (Å²) >= 11 is 11.9. The van der Waals surface area contributed by atoms with Crippen molar-refractivity contribution >= 4 is 29.1 Å². The lowest BCUT2D eigenvalue weighted by Crippen LogP contribution is -2.51. The van der Waals surface area contributed by atoms with Gasteiger partial charge in [-0.1, -0.05) is 36.0 Å². The first-order valence-corrected chi connectivity index (χ1v) is 8.06. The lowest BCUT2D eigenvalue weighted by atomic mass is 9.88. The van der Waals surface area contributed by atoms with E-state index >= 15 is 0 Å². The van der Waals surface area contributed by atoms with Crippen molar-refractivity contribution in [2.75, 3.05) is 21.1 Å². The van der Waals surface area contributed by atoms with Gasteiger partial charge in [-0.25, -0.2) is 0 Å². The van der Waals surface area contributed by atoms with Crippen LogP contribution in [0.3, 0.4) is 0 Å². The highest BCUT2D eigenvalue weighted by Crippen LogP contribution is 2.28. The van der Waals surface area contributed by atoms with Crippen molar-refractivity contribution < 1.29 is 4.79 Å². The number of carbonyl (C=O) groups is 1. The molecule has 2 atom stereocenters. The van der Waals surface area contributed by atoms with Gasteiger partial charge in [-0.3, -0.25) is 4.79 Å². The zero-order chi connectivity index (χ0) is 15.6. The van der Waals surface area contributed by atoms with Gasteiger partial charge in [0.15, 0.2) is 0 Å². The molecular formula is C16H22Cl2N2O. The molecule has 0 saturated heterocycles. The molecule has 21 heavy (non-hydrogen) atoms. The molecule has 1 amide bonds. The first-order chi connectivity index (χ1) is 9.91. The van der Waals surface area contributed by atoms with Crippen LogP contribution < -0.4 is 0 Å². The Morgan fingerprint density at radius 2 is 1.67 bits per heavy atom. The van der Waals surface area contributed by atoms with Crippen LogP contribution in [0, 0.1) is 0 Å². The molecule has 1 saturated carbocycles. The third-order valence-corrected chi connectivity index (χ3v) is 5.08. The highest BCUT2D eigenvalue weighted by Gasteiger charge is 2.32. The van der Waals surface area contributed by atoms with E-state index in [4.69, 9.17) is 23.2 Å². The van der Waals surface area contributed by atoms with Crippen molar-refractivity contribution in [3.8, 4) is 0 Å². The van der Waals surface area contributed by atoms with Crippen molar-refractivity contribution in [1.29, 1.82) is 0 Å². The molecule has 116 valence electrons. The van der Waals surface area contributed by atoms with Crippen LogP contribution in [-0.4, -0.2) is 48.9 Å². The number of amides is 1. The summed E-state index contributed by atoms with van der Waals surface area (Å²) in [5.74, 6) is 0.00677. The molecule has 0 bridgehead atoms. The largest absolute Gasteiger partial charge is 0.337 e. The van der Waals surface area contributed by atoms with Gasteiger partial charge >= 0.3 is 0 Å². The normalized spacial score (nSPS) is 22.4. The summed E-state index contributed by atoms with van der Waals surface area (Å²) in [6.07, 6.45) is 4.59. The molecule has 0 heterocycles. The molecule has 0 aliphatic heterocycles. The van der Waals surface area contributed by atoms with Gasteiger partial charge in [-0.15, -0.1) is 0 Å². The average Bonchev–Trinajstić information content (AvgIpc) is 2.48. The molecule has 0 N–H and O–H groups in total. The van der Waals surface area contributed by atoms with Crippen LogP contribution in [0.15, 0.2) is 18.2 Å². The molecule has 1 aliphatic rings. The molecule has 3 nitrogen and oxygen atoms in total. The number of hydrogen-bond donors (Lipinski definition) is 0. The molecule has 0 spiro atoms. The Bertz CT molecular complexity index is 519. The van der Waals surface area contributed by atoms with Gasteiger partial charge in [-0.05, 0) is 45.1 Å². The molecule has 2 rings (SSSR count). The summed E-state index contributed by atoms with van der Waals surface area (Å²) in [5.41, 5.74) is 0.593. The number of halogens is 2. The number of benzene rings is 1. The van der Waals surface area contributed by atoms with Crippen LogP contribution in [0.25, 0.3) is 0 Å². The number of nitrogens with zero attached hydrogens (tertiary/aromatic N) is 2. The van der Waals surface area contributed by atoms with Crippen LogP contribution in [0.4, 0.5) is 0 Å². The maximum Gasteiger partial charge on any atom is 0.253 e. The van der Waals surface area contributed by atoms with Gasteiger partial charge in [0, 0.05) is 24.7 Å². The Hall–Kier alpha value is -0.770. The third-order valence-electron chi connectivity index (χ3n) is 4.34. The maximum atomic E-state index is 12.7. The van der Waals surface area contributed by atoms with E-state index in [1.807, 2.05) is 11.9 Å². The van der Waals surface area contributed by atoms with E-state index in [1.54, 1.807) is 18.2 Å². The van der Waals surface area contributed by atoms with Crippen LogP contribution in [0.1, 0.15) is 36.0 Å². The molecule has 2 unspecified atom stereocenters. The summed E-state index contributed by atoms with van der Waals surface area (Å²) in [4.78, 5) is 16.8. The summed E-state index contributed by atoms with van der Waals surface area (Å²) in [5, 5.41) is 0.892.